The number of nitrogens with one attached hydrogen (secondary N) is 6. The number of hydrogen-bond donors (Lipinski definition) is 7. The third kappa shape index (κ3) is 19.6. The summed E-state index contributed by atoms with van der Waals surface area (Å²) >= 11 is 0. The van der Waals surface area contributed by atoms with Gasteiger partial charge in [0, 0.05) is 19.9 Å². The maximum absolute atomic E-state index is 14.3. The number of carbonyl (C=O) groups is 8. The van der Waals surface area contributed by atoms with Crippen molar-refractivity contribution in [2.75, 3.05) is 26.3 Å². The van der Waals surface area contributed by atoms with Gasteiger partial charge in [-0.25, -0.2) is 14.4 Å². The number of rotatable bonds is 28. The molecule has 0 saturated carbocycles. The van der Waals surface area contributed by atoms with Crippen LogP contribution in [0.25, 0.3) is 0 Å². The number of ether oxygens (including phenoxy) is 3. The molecular formula is C51H68N6O12. The Labute approximate surface area is 404 Å². The minimum absolute atomic E-state index is 0.0222. The predicted octanol–water partition coefficient (Wildman–Crippen LogP) is 4.41. The fourth-order valence-electron chi connectivity index (χ4n) is 7.18. The number of hydrogen-bond acceptors (Lipinski definition) is 11. The summed E-state index contributed by atoms with van der Waals surface area (Å²) in [5, 5.41) is 25.3. The zero-order valence-corrected chi connectivity index (χ0v) is 40.3. The minimum Gasteiger partial charge on any atom is -0.480 e. The van der Waals surface area contributed by atoms with E-state index < -0.39 is 96.1 Å². The molecule has 0 aliphatic carbocycles. The van der Waals surface area contributed by atoms with E-state index >= 15 is 0 Å². The first-order valence-electron chi connectivity index (χ1n) is 23.0. The van der Waals surface area contributed by atoms with E-state index in [4.69, 9.17) is 14.2 Å². The van der Waals surface area contributed by atoms with Gasteiger partial charge >= 0.3 is 18.0 Å². The van der Waals surface area contributed by atoms with Crippen LogP contribution in [0.4, 0.5) is 4.79 Å². The second kappa shape index (κ2) is 28.3. The van der Waals surface area contributed by atoms with Crippen LogP contribution in [0.2, 0.25) is 0 Å². The number of aliphatic carboxylic acids is 1. The predicted molar refractivity (Wildman–Crippen MR) is 257 cm³/mol. The number of alkyl carbamates (subject to hydrolysis) is 1. The van der Waals surface area contributed by atoms with E-state index in [2.05, 4.69) is 38.5 Å². The Bertz CT molecular complexity index is 2070. The van der Waals surface area contributed by atoms with Crippen LogP contribution < -0.4 is 31.9 Å². The largest absolute Gasteiger partial charge is 0.480 e. The summed E-state index contributed by atoms with van der Waals surface area (Å²) in [6, 6.07) is 22.7. The van der Waals surface area contributed by atoms with Crippen LogP contribution in [0.3, 0.4) is 0 Å². The number of unbranched alkanes of at least 4 members (excludes halogenated alkanes) is 1. The van der Waals surface area contributed by atoms with Gasteiger partial charge in [0.1, 0.15) is 42.0 Å². The number of carbonyl (C=O) groups excluding carboxylic acids is 7. The molecule has 18 heteroatoms. The fraction of sp³-hybridized carbons (Fsp3) is 0.451. The molecule has 4 atom stereocenters. The second-order valence-electron chi connectivity index (χ2n) is 17.7. The average Bonchev–Trinajstić information content (AvgIpc) is 3.30. The maximum atomic E-state index is 14.3. The van der Waals surface area contributed by atoms with E-state index in [1.165, 1.54) is 13.0 Å². The Morgan fingerprint density at radius 3 is 1.71 bits per heavy atom. The molecule has 374 valence electrons. The van der Waals surface area contributed by atoms with Crippen LogP contribution in [0.15, 0.2) is 104 Å². The van der Waals surface area contributed by atoms with Crippen molar-refractivity contribution in [2.24, 2.45) is 5.92 Å². The molecule has 0 aromatic heterocycles. The van der Waals surface area contributed by atoms with Crippen molar-refractivity contribution >= 4 is 47.6 Å². The first-order valence-corrected chi connectivity index (χ1v) is 23.0. The molecule has 0 aliphatic heterocycles. The van der Waals surface area contributed by atoms with Gasteiger partial charge in [-0.3, -0.25) is 24.0 Å². The van der Waals surface area contributed by atoms with Crippen LogP contribution in [0.1, 0.15) is 96.8 Å². The highest BCUT2D eigenvalue weighted by Gasteiger charge is 2.40. The molecule has 3 rings (SSSR count). The third-order valence-electron chi connectivity index (χ3n) is 10.3. The van der Waals surface area contributed by atoms with E-state index in [1.54, 1.807) is 20.8 Å². The van der Waals surface area contributed by atoms with Gasteiger partial charge in [0.2, 0.25) is 29.5 Å². The molecule has 18 nitrogen and oxygen atoms in total. The molecule has 0 unspecified atom stereocenters. The normalized spacial score (nSPS) is 13.0. The summed E-state index contributed by atoms with van der Waals surface area (Å²) in [6.07, 6.45) is 1.19. The summed E-state index contributed by atoms with van der Waals surface area (Å²) in [7, 11) is 0. The highest BCUT2D eigenvalue weighted by atomic mass is 16.6. The smallest absolute Gasteiger partial charge is 0.407 e. The molecule has 0 saturated heterocycles. The van der Waals surface area contributed by atoms with Crippen LogP contribution in [0.5, 0.6) is 0 Å². The summed E-state index contributed by atoms with van der Waals surface area (Å²) in [6.45, 7) is 12.5. The van der Waals surface area contributed by atoms with E-state index in [0.717, 1.165) is 0 Å². The van der Waals surface area contributed by atoms with Crippen molar-refractivity contribution in [3.63, 3.8) is 0 Å². The second-order valence-corrected chi connectivity index (χ2v) is 17.7. The van der Waals surface area contributed by atoms with Gasteiger partial charge in [0.05, 0.1) is 13.2 Å². The van der Waals surface area contributed by atoms with Crippen LogP contribution >= 0.6 is 0 Å². The first kappa shape index (κ1) is 56.2. The number of benzene rings is 3. The molecule has 0 heterocycles. The fourth-order valence-corrected chi connectivity index (χ4v) is 7.18. The van der Waals surface area contributed by atoms with Crippen LogP contribution in [-0.4, -0.2) is 109 Å². The van der Waals surface area contributed by atoms with Gasteiger partial charge in [0.25, 0.3) is 0 Å². The van der Waals surface area contributed by atoms with E-state index in [0.29, 0.717) is 29.5 Å². The van der Waals surface area contributed by atoms with E-state index in [1.807, 2.05) is 105 Å². The molecule has 0 fully saturated rings. The molecule has 0 aliphatic rings. The summed E-state index contributed by atoms with van der Waals surface area (Å²) in [5.41, 5.74) is 0.0650. The SMILES string of the molecule is C=CCOC(=O)[C@H](CCC(=O)N[C@@H](CC(C)C)C(=O)N[C@@H](COC(c1ccccc1)(c1ccccc1)c1ccccc1)C(=O)NCC(=O)N[C@@H](CCCCNC(=O)OC(C)(C)C)C(=O)O)NC(C)=O. The summed E-state index contributed by atoms with van der Waals surface area (Å²) in [5.74, 6) is -5.78. The Morgan fingerprint density at radius 2 is 1.22 bits per heavy atom. The first-order chi connectivity index (χ1) is 32.7. The molecule has 0 spiro atoms. The topological polar surface area (TPSA) is 257 Å². The monoisotopic (exact) mass is 956 g/mol. The summed E-state index contributed by atoms with van der Waals surface area (Å²) in [4.78, 5) is 104. The Kier molecular flexibility index (Phi) is 23.1. The number of carboxylic acids is 1. The van der Waals surface area contributed by atoms with E-state index in [9.17, 15) is 43.5 Å². The van der Waals surface area contributed by atoms with Crippen molar-refractivity contribution in [3.8, 4) is 0 Å². The Morgan fingerprint density at radius 1 is 0.667 bits per heavy atom. The summed E-state index contributed by atoms with van der Waals surface area (Å²) < 4.78 is 17.2. The highest BCUT2D eigenvalue weighted by molar-refractivity contribution is 5.94. The van der Waals surface area contributed by atoms with E-state index in [-0.39, 0.29) is 44.8 Å². The number of esters is 1. The van der Waals surface area contributed by atoms with Crippen LogP contribution in [-0.2, 0) is 53.4 Å². The quantitative estimate of drug-likeness (QED) is 0.0231. The van der Waals surface area contributed by atoms with Gasteiger partial charge < -0.3 is 51.2 Å². The van der Waals surface area contributed by atoms with Crippen LogP contribution in [0, 0.1) is 5.92 Å². The lowest BCUT2D eigenvalue weighted by Crippen LogP contribution is -2.57. The third-order valence-corrected chi connectivity index (χ3v) is 10.3. The Hall–Kier alpha value is -7.08. The molecule has 69 heavy (non-hydrogen) atoms. The van der Waals surface area contributed by atoms with Gasteiger partial charge in [-0.2, -0.15) is 0 Å². The zero-order valence-electron chi connectivity index (χ0n) is 40.3. The van der Waals surface area contributed by atoms with Gasteiger partial charge in [-0.15, -0.1) is 0 Å². The Balaban J connectivity index is 1.90. The molecule has 3 aromatic rings. The average molecular weight is 957 g/mol. The van der Waals surface area contributed by atoms with Crippen molar-refractivity contribution in [1.82, 2.24) is 31.9 Å². The highest BCUT2D eigenvalue weighted by Crippen LogP contribution is 2.40. The van der Waals surface area contributed by atoms with Gasteiger partial charge in [-0.05, 0) is 75.5 Å². The molecule has 0 bridgehead atoms. The zero-order chi connectivity index (χ0) is 51.0. The van der Waals surface area contributed by atoms with Gasteiger partial charge in [-0.1, -0.05) is 117 Å². The lowest BCUT2D eigenvalue weighted by Gasteiger charge is -2.37. The minimum atomic E-state index is -1.50. The molecule has 0 radical (unpaired) electrons. The molecule has 6 amide bonds. The molecule has 7 N–H and O–H groups in total. The van der Waals surface area contributed by atoms with Crippen molar-refractivity contribution in [1.29, 1.82) is 0 Å². The van der Waals surface area contributed by atoms with Crippen molar-refractivity contribution in [2.45, 2.75) is 115 Å². The van der Waals surface area contributed by atoms with Crippen molar-refractivity contribution < 1.29 is 57.7 Å². The molecule has 3 aromatic carbocycles. The number of carboxylic acid groups (broad SMARTS) is 1. The maximum Gasteiger partial charge on any atom is 0.407 e. The standard InChI is InChI=1S/C51H68N6O12/c1-8-30-67-48(65)40(54-35(4)58)27-28-43(59)56-41(31-34(2)3)46(62)57-42(45(61)53-32-44(60)55-39(47(63)64)26-18-19-29-52-49(66)69-50(5,6)7)33-68-51(36-20-12-9-13-21-36,37-22-14-10-15-23-37)38-24-16-11-17-25-38/h8-17,20-25,34,39-42H,1,18-19,26-33H2,2-7H3,(H,52,66)(H,53,61)(H,54,58)(H,55,60)(H,56,59)(H,57,62)(H,63,64)/t39-,40-,41-,42-/m0/s1. The lowest BCUT2D eigenvalue weighted by atomic mass is 9.80. The molecular weight excluding hydrogens is 889 g/mol. The van der Waals surface area contributed by atoms with Gasteiger partial charge in [0.15, 0.2) is 0 Å². The number of amides is 6. The van der Waals surface area contributed by atoms with Crippen molar-refractivity contribution in [3.05, 3.63) is 120 Å². The lowest BCUT2D eigenvalue weighted by molar-refractivity contribution is -0.147.